The van der Waals surface area contributed by atoms with E-state index in [0.717, 1.165) is 43.6 Å². The van der Waals surface area contributed by atoms with Crippen molar-refractivity contribution in [2.75, 3.05) is 43.6 Å². The van der Waals surface area contributed by atoms with Crippen LogP contribution < -0.4 is 10.2 Å². The number of aryl methyl sites for hydroxylation is 2. The van der Waals surface area contributed by atoms with Crippen LogP contribution in [0.4, 0.5) is 11.4 Å². The van der Waals surface area contributed by atoms with Gasteiger partial charge in [0.2, 0.25) is 0 Å². The van der Waals surface area contributed by atoms with Gasteiger partial charge in [-0.1, -0.05) is 18.2 Å². The Morgan fingerprint density at radius 1 is 1.08 bits per heavy atom. The molecule has 3 rings (SSSR count). The van der Waals surface area contributed by atoms with E-state index in [1.807, 2.05) is 7.05 Å². The summed E-state index contributed by atoms with van der Waals surface area (Å²) >= 11 is 5.57. The summed E-state index contributed by atoms with van der Waals surface area (Å²) in [5.41, 5.74) is 6.01. The van der Waals surface area contributed by atoms with E-state index in [0.29, 0.717) is 0 Å². The summed E-state index contributed by atoms with van der Waals surface area (Å²) in [6.45, 7) is 8.51. The number of benzene rings is 2. The van der Waals surface area contributed by atoms with E-state index in [4.69, 9.17) is 17.0 Å². The number of nitrogens with zero attached hydrogens (tertiary/aromatic N) is 2. The monoisotopic (exact) mass is 369 g/mol. The third-order valence-corrected chi connectivity index (χ3v) is 4.97. The quantitative estimate of drug-likeness (QED) is 0.823. The molecule has 5 heteroatoms. The Morgan fingerprint density at radius 2 is 1.69 bits per heavy atom. The van der Waals surface area contributed by atoms with Crippen molar-refractivity contribution in [2.24, 2.45) is 0 Å². The predicted molar refractivity (Wildman–Crippen MR) is 113 cm³/mol. The molecular weight excluding hydrogens is 342 g/mol. The maximum atomic E-state index is 5.57. The standard InChI is InChI=1S/C21H27N3OS/c1-16-12-17(2)14-19(13-16)22-21(26)23(3)15-18-4-6-20(7-5-18)24-8-10-25-11-9-24/h4-7,12-14H,8-11,15H2,1-3H3,(H,22,26). The van der Waals surface area contributed by atoms with Crippen LogP contribution in [-0.2, 0) is 11.3 Å². The second-order valence-electron chi connectivity index (χ2n) is 6.93. The molecule has 0 saturated carbocycles. The molecule has 0 atom stereocenters. The summed E-state index contributed by atoms with van der Waals surface area (Å²) in [7, 11) is 2.02. The number of nitrogens with one attached hydrogen (secondary N) is 1. The van der Waals surface area contributed by atoms with Gasteiger partial charge in [-0.25, -0.2) is 0 Å². The van der Waals surface area contributed by atoms with Gasteiger partial charge in [-0.2, -0.15) is 0 Å². The van der Waals surface area contributed by atoms with Crippen molar-refractivity contribution in [2.45, 2.75) is 20.4 Å². The summed E-state index contributed by atoms with van der Waals surface area (Å²) in [5, 5.41) is 4.07. The van der Waals surface area contributed by atoms with Crippen LogP contribution in [-0.4, -0.2) is 43.4 Å². The highest BCUT2D eigenvalue weighted by Crippen LogP contribution is 2.18. The molecule has 1 aliphatic heterocycles. The zero-order valence-electron chi connectivity index (χ0n) is 15.8. The van der Waals surface area contributed by atoms with Gasteiger partial charge >= 0.3 is 0 Å². The minimum absolute atomic E-state index is 0.729. The number of morpholine rings is 1. The van der Waals surface area contributed by atoms with Gasteiger partial charge < -0.3 is 19.9 Å². The molecule has 1 saturated heterocycles. The summed E-state index contributed by atoms with van der Waals surface area (Å²) < 4.78 is 5.42. The largest absolute Gasteiger partial charge is 0.378 e. The highest BCUT2D eigenvalue weighted by atomic mass is 32.1. The summed E-state index contributed by atoms with van der Waals surface area (Å²) in [6, 6.07) is 15.1. The SMILES string of the molecule is Cc1cc(C)cc(NC(=S)N(C)Cc2ccc(N3CCOCC3)cc2)c1. The Hall–Kier alpha value is -2.11. The fourth-order valence-corrected chi connectivity index (χ4v) is 3.43. The normalized spacial score (nSPS) is 14.2. The topological polar surface area (TPSA) is 27.7 Å². The molecule has 26 heavy (non-hydrogen) atoms. The van der Waals surface area contributed by atoms with E-state index in [-0.39, 0.29) is 0 Å². The Kier molecular flexibility index (Phi) is 6.12. The molecule has 0 unspecified atom stereocenters. The van der Waals surface area contributed by atoms with Gasteiger partial charge in [-0.15, -0.1) is 0 Å². The maximum absolute atomic E-state index is 5.57. The molecule has 138 valence electrons. The van der Waals surface area contributed by atoms with Crippen LogP contribution in [0.1, 0.15) is 16.7 Å². The number of hydrogen-bond acceptors (Lipinski definition) is 3. The van der Waals surface area contributed by atoms with Gasteiger partial charge in [0.15, 0.2) is 5.11 Å². The van der Waals surface area contributed by atoms with Gasteiger partial charge in [-0.05, 0) is 67.0 Å². The van der Waals surface area contributed by atoms with Crippen molar-refractivity contribution < 1.29 is 4.74 Å². The van der Waals surface area contributed by atoms with Crippen LogP contribution in [0.15, 0.2) is 42.5 Å². The first-order valence-corrected chi connectivity index (χ1v) is 9.44. The number of rotatable bonds is 4. The average Bonchev–Trinajstić information content (AvgIpc) is 2.62. The van der Waals surface area contributed by atoms with Crippen LogP contribution in [0.2, 0.25) is 0 Å². The van der Waals surface area contributed by atoms with Crippen LogP contribution in [0, 0.1) is 13.8 Å². The van der Waals surface area contributed by atoms with Gasteiger partial charge in [-0.3, -0.25) is 0 Å². The smallest absolute Gasteiger partial charge is 0.173 e. The lowest BCUT2D eigenvalue weighted by atomic mass is 10.1. The molecule has 1 aliphatic rings. The second kappa shape index (κ2) is 8.52. The molecule has 1 N–H and O–H groups in total. The van der Waals surface area contributed by atoms with E-state index in [1.54, 1.807) is 0 Å². The Morgan fingerprint density at radius 3 is 2.31 bits per heavy atom. The summed E-state index contributed by atoms with van der Waals surface area (Å²) in [4.78, 5) is 4.43. The van der Waals surface area contributed by atoms with E-state index < -0.39 is 0 Å². The molecular formula is C21H27N3OS. The molecule has 0 aromatic heterocycles. The third kappa shape index (κ3) is 4.96. The third-order valence-electron chi connectivity index (χ3n) is 4.55. The molecule has 0 bridgehead atoms. The van der Waals surface area contributed by atoms with Gasteiger partial charge in [0, 0.05) is 38.1 Å². The van der Waals surface area contributed by atoms with Crippen molar-refractivity contribution in [1.82, 2.24) is 4.90 Å². The van der Waals surface area contributed by atoms with Crippen molar-refractivity contribution in [1.29, 1.82) is 0 Å². The number of hydrogen-bond donors (Lipinski definition) is 1. The van der Waals surface area contributed by atoms with E-state index in [2.05, 4.69) is 71.4 Å². The zero-order chi connectivity index (χ0) is 18.5. The number of ether oxygens (including phenoxy) is 1. The maximum Gasteiger partial charge on any atom is 0.173 e. The first-order chi connectivity index (χ1) is 12.5. The van der Waals surface area contributed by atoms with Crippen molar-refractivity contribution in [3.05, 3.63) is 59.2 Å². The van der Waals surface area contributed by atoms with Crippen molar-refractivity contribution in [3.63, 3.8) is 0 Å². The Bertz CT molecular complexity index is 734. The van der Waals surface area contributed by atoms with Gasteiger partial charge in [0.25, 0.3) is 0 Å². The van der Waals surface area contributed by atoms with Crippen LogP contribution in [0.3, 0.4) is 0 Å². The minimum atomic E-state index is 0.729. The van der Waals surface area contributed by atoms with E-state index in [9.17, 15) is 0 Å². The lowest BCUT2D eigenvalue weighted by Crippen LogP contribution is -2.36. The summed E-state index contributed by atoms with van der Waals surface area (Å²) in [5.74, 6) is 0. The van der Waals surface area contributed by atoms with Crippen molar-refractivity contribution >= 4 is 28.7 Å². The molecule has 2 aromatic rings. The number of thiocarbonyl (C=S) groups is 1. The lowest BCUT2D eigenvalue weighted by Gasteiger charge is -2.29. The predicted octanol–water partition coefficient (Wildman–Crippen LogP) is 3.97. The number of anilines is 2. The van der Waals surface area contributed by atoms with Gasteiger partial charge in [0.05, 0.1) is 13.2 Å². The zero-order valence-corrected chi connectivity index (χ0v) is 16.6. The fourth-order valence-electron chi connectivity index (χ4n) is 3.25. The molecule has 4 nitrogen and oxygen atoms in total. The average molecular weight is 370 g/mol. The second-order valence-corrected chi connectivity index (χ2v) is 7.32. The molecule has 2 aromatic carbocycles. The minimum Gasteiger partial charge on any atom is -0.378 e. The molecule has 1 heterocycles. The molecule has 0 spiro atoms. The molecule has 0 radical (unpaired) electrons. The van der Waals surface area contributed by atoms with Crippen molar-refractivity contribution in [3.8, 4) is 0 Å². The molecule has 0 amide bonds. The Labute approximate surface area is 161 Å². The molecule has 1 fully saturated rings. The summed E-state index contributed by atoms with van der Waals surface area (Å²) in [6.07, 6.45) is 0. The van der Waals surface area contributed by atoms with Crippen LogP contribution in [0.25, 0.3) is 0 Å². The van der Waals surface area contributed by atoms with Crippen LogP contribution in [0.5, 0.6) is 0 Å². The van der Waals surface area contributed by atoms with E-state index >= 15 is 0 Å². The molecule has 0 aliphatic carbocycles. The lowest BCUT2D eigenvalue weighted by molar-refractivity contribution is 0.122. The van der Waals surface area contributed by atoms with Crippen LogP contribution >= 0.6 is 12.2 Å². The highest BCUT2D eigenvalue weighted by Gasteiger charge is 2.11. The first-order valence-electron chi connectivity index (χ1n) is 9.03. The Balaban J connectivity index is 1.58. The van der Waals surface area contributed by atoms with E-state index in [1.165, 1.54) is 22.4 Å². The first kappa shape index (κ1) is 18.7. The highest BCUT2D eigenvalue weighted by molar-refractivity contribution is 7.80. The van der Waals surface area contributed by atoms with Gasteiger partial charge in [0.1, 0.15) is 0 Å². The fraction of sp³-hybridized carbons (Fsp3) is 0.381.